The summed E-state index contributed by atoms with van der Waals surface area (Å²) in [5.41, 5.74) is 12.4. The molecule has 0 fully saturated rings. The van der Waals surface area contributed by atoms with Gasteiger partial charge in [0.05, 0.1) is 11.3 Å². The topological polar surface area (TPSA) is 82.0 Å². The van der Waals surface area contributed by atoms with Crippen molar-refractivity contribution in [1.29, 1.82) is 0 Å². The SMILES string of the molecule is CC(=O)c1c(N)cc(N)nc1C. The van der Waals surface area contributed by atoms with E-state index in [9.17, 15) is 4.79 Å². The molecule has 1 rings (SSSR count). The van der Waals surface area contributed by atoms with Gasteiger partial charge in [-0.05, 0) is 13.8 Å². The molecule has 0 atom stereocenters. The maximum atomic E-state index is 11.0. The fourth-order valence-corrected chi connectivity index (χ4v) is 1.18. The van der Waals surface area contributed by atoms with Crippen LogP contribution in [-0.4, -0.2) is 10.8 Å². The minimum absolute atomic E-state index is 0.0856. The van der Waals surface area contributed by atoms with Crippen molar-refractivity contribution in [3.63, 3.8) is 0 Å². The fourth-order valence-electron chi connectivity index (χ4n) is 1.18. The van der Waals surface area contributed by atoms with E-state index in [1.165, 1.54) is 13.0 Å². The second-order valence-corrected chi connectivity index (χ2v) is 2.65. The average Bonchev–Trinajstić information content (AvgIpc) is 1.82. The molecule has 0 aliphatic rings. The first-order valence-corrected chi connectivity index (χ1v) is 3.56. The van der Waals surface area contributed by atoms with E-state index in [0.717, 1.165) is 0 Å². The smallest absolute Gasteiger partial charge is 0.163 e. The van der Waals surface area contributed by atoms with Crippen LogP contribution in [0.4, 0.5) is 11.5 Å². The lowest BCUT2D eigenvalue weighted by atomic mass is 10.1. The molecule has 0 saturated carbocycles. The van der Waals surface area contributed by atoms with Gasteiger partial charge in [-0.3, -0.25) is 4.79 Å². The van der Waals surface area contributed by atoms with Crippen molar-refractivity contribution in [3.8, 4) is 0 Å². The Kier molecular flexibility index (Phi) is 1.99. The van der Waals surface area contributed by atoms with Crippen LogP contribution < -0.4 is 11.5 Å². The number of aromatic nitrogens is 1. The van der Waals surface area contributed by atoms with E-state index in [0.29, 0.717) is 22.8 Å². The van der Waals surface area contributed by atoms with Gasteiger partial charge < -0.3 is 11.5 Å². The predicted molar refractivity (Wildman–Crippen MR) is 47.8 cm³/mol. The first-order chi connectivity index (χ1) is 5.52. The molecule has 4 heteroatoms. The highest BCUT2D eigenvalue weighted by Crippen LogP contribution is 2.17. The summed E-state index contributed by atoms with van der Waals surface area (Å²) in [7, 11) is 0. The Morgan fingerprint density at radius 3 is 2.50 bits per heavy atom. The summed E-state index contributed by atoms with van der Waals surface area (Å²) < 4.78 is 0. The van der Waals surface area contributed by atoms with E-state index < -0.39 is 0 Å². The molecule has 1 aromatic heterocycles. The standard InChI is InChI=1S/C8H11N3O/c1-4-8(5(2)12)6(9)3-7(10)11-4/h3H,1-2H3,(H4,9,10,11). The highest BCUT2D eigenvalue weighted by molar-refractivity contribution is 6.00. The Labute approximate surface area is 70.6 Å². The number of aryl methyl sites for hydroxylation is 1. The number of nitrogens with zero attached hydrogens (tertiary/aromatic N) is 1. The number of carbonyl (C=O) groups excluding carboxylic acids is 1. The van der Waals surface area contributed by atoms with Crippen LogP contribution in [0.1, 0.15) is 23.0 Å². The van der Waals surface area contributed by atoms with Crippen LogP contribution in [-0.2, 0) is 0 Å². The molecule has 0 saturated heterocycles. The van der Waals surface area contributed by atoms with Crippen LogP contribution in [0.25, 0.3) is 0 Å². The first-order valence-electron chi connectivity index (χ1n) is 3.56. The van der Waals surface area contributed by atoms with E-state index in [1.54, 1.807) is 6.92 Å². The molecule has 0 spiro atoms. The molecule has 12 heavy (non-hydrogen) atoms. The van der Waals surface area contributed by atoms with E-state index in [-0.39, 0.29) is 5.78 Å². The number of hydrogen-bond acceptors (Lipinski definition) is 4. The number of Topliss-reactive ketones (excluding diaryl/α,β-unsaturated/α-hetero) is 1. The second-order valence-electron chi connectivity index (χ2n) is 2.65. The van der Waals surface area contributed by atoms with Gasteiger partial charge in [-0.25, -0.2) is 4.98 Å². The van der Waals surface area contributed by atoms with Crippen molar-refractivity contribution in [3.05, 3.63) is 17.3 Å². The highest BCUT2D eigenvalue weighted by Gasteiger charge is 2.09. The Hall–Kier alpha value is -1.58. The molecule has 4 N–H and O–H groups in total. The van der Waals surface area contributed by atoms with Gasteiger partial charge >= 0.3 is 0 Å². The van der Waals surface area contributed by atoms with Gasteiger partial charge in [0.25, 0.3) is 0 Å². The summed E-state index contributed by atoms with van der Waals surface area (Å²) in [4.78, 5) is 15.0. The lowest BCUT2D eigenvalue weighted by molar-refractivity contribution is 0.101. The molecule has 0 bridgehead atoms. The van der Waals surface area contributed by atoms with E-state index in [4.69, 9.17) is 11.5 Å². The van der Waals surface area contributed by atoms with Crippen molar-refractivity contribution in [2.24, 2.45) is 0 Å². The lowest BCUT2D eigenvalue weighted by Crippen LogP contribution is -2.06. The van der Waals surface area contributed by atoms with Gasteiger partial charge in [-0.2, -0.15) is 0 Å². The molecule has 0 unspecified atom stereocenters. The zero-order valence-electron chi connectivity index (χ0n) is 7.09. The van der Waals surface area contributed by atoms with Crippen LogP contribution in [0.3, 0.4) is 0 Å². The summed E-state index contributed by atoms with van der Waals surface area (Å²) in [6.45, 7) is 3.17. The van der Waals surface area contributed by atoms with Gasteiger partial charge in [0, 0.05) is 11.8 Å². The van der Waals surface area contributed by atoms with Gasteiger partial charge in [0.2, 0.25) is 0 Å². The molecule has 1 heterocycles. The predicted octanol–water partition coefficient (Wildman–Crippen LogP) is 0.757. The zero-order valence-corrected chi connectivity index (χ0v) is 7.09. The van der Waals surface area contributed by atoms with Crippen molar-refractivity contribution in [2.45, 2.75) is 13.8 Å². The van der Waals surface area contributed by atoms with Crippen LogP contribution in [0.2, 0.25) is 0 Å². The molecule has 4 nitrogen and oxygen atoms in total. The van der Waals surface area contributed by atoms with Crippen molar-refractivity contribution in [2.75, 3.05) is 11.5 Å². The molecule has 64 valence electrons. The molecule has 0 radical (unpaired) electrons. The zero-order chi connectivity index (χ0) is 9.30. The quantitative estimate of drug-likeness (QED) is 0.602. The Morgan fingerprint density at radius 1 is 1.50 bits per heavy atom. The molecule has 1 aromatic rings. The summed E-state index contributed by atoms with van der Waals surface area (Å²) in [6, 6.07) is 1.49. The van der Waals surface area contributed by atoms with Crippen molar-refractivity contribution < 1.29 is 4.79 Å². The minimum atomic E-state index is -0.0856. The Balaban J connectivity index is 3.38. The number of nitrogens with two attached hydrogens (primary N) is 2. The number of anilines is 2. The molecular weight excluding hydrogens is 154 g/mol. The third kappa shape index (κ3) is 1.37. The van der Waals surface area contributed by atoms with E-state index in [2.05, 4.69) is 4.98 Å². The van der Waals surface area contributed by atoms with Crippen LogP contribution >= 0.6 is 0 Å². The molecule has 0 amide bonds. The molecular formula is C8H11N3O. The number of hydrogen-bond donors (Lipinski definition) is 2. The maximum Gasteiger partial charge on any atom is 0.163 e. The number of nitrogen functional groups attached to an aromatic ring is 2. The number of carbonyl (C=O) groups is 1. The summed E-state index contributed by atoms with van der Waals surface area (Å²) in [5.74, 6) is 0.257. The summed E-state index contributed by atoms with van der Waals surface area (Å²) >= 11 is 0. The van der Waals surface area contributed by atoms with E-state index >= 15 is 0 Å². The van der Waals surface area contributed by atoms with Gasteiger partial charge in [0.1, 0.15) is 5.82 Å². The maximum absolute atomic E-state index is 11.0. The highest BCUT2D eigenvalue weighted by atomic mass is 16.1. The van der Waals surface area contributed by atoms with Crippen LogP contribution in [0, 0.1) is 6.92 Å². The molecule has 0 aliphatic carbocycles. The van der Waals surface area contributed by atoms with E-state index in [1.807, 2.05) is 0 Å². The second kappa shape index (κ2) is 2.81. The number of ketones is 1. The van der Waals surface area contributed by atoms with Gasteiger partial charge in [-0.15, -0.1) is 0 Å². The molecule has 0 aromatic carbocycles. The van der Waals surface area contributed by atoms with Crippen LogP contribution in [0.5, 0.6) is 0 Å². The van der Waals surface area contributed by atoms with Crippen molar-refractivity contribution >= 4 is 17.3 Å². The average molecular weight is 165 g/mol. The first kappa shape index (κ1) is 8.52. The summed E-state index contributed by atoms with van der Waals surface area (Å²) in [6.07, 6.45) is 0. The van der Waals surface area contributed by atoms with Gasteiger partial charge in [0.15, 0.2) is 5.78 Å². The molecule has 0 aliphatic heterocycles. The summed E-state index contributed by atoms with van der Waals surface area (Å²) in [5, 5.41) is 0. The lowest BCUT2D eigenvalue weighted by Gasteiger charge is -2.05. The van der Waals surface area contributed by atoms with Crippen molar-refractivity contribution in [1.82, 2.24) is 4.98 Å². The normalized spacial score (nSPS) is 9.83. The fraction of sp³-hybridized carbons (Fsp3) is 0.250. The Bertz CT molecular complexity index is 310. The van der Waals surface area contributed by atoms with Crippen LogP contribution in [0.15, 0.2) is 6.07 Å². The third-order valence-electron chi connectivity index (χ3n) is 1.60. The monoisotopic (exact) mass is 165 g/mol. The van der Waals surface area contributed by atoms with Gasteiger partial charge in [-0.1, -0.05) is 0 Å². The Morgan fingerprint density at radius 2 is 2.08 bits per heavy atom. The third-order valence-corrected chi connectivity index (χ3v) is 1.60. The number of rotatable bonds is 1. The minimum Gasteiger partial charge on any atom is -0.398 e. The largest absolute Gasteiger partial charge is 0.398 e. The number of pyridine rings is 1.